The second kappa shape index (κ2) is 2.79. The van der Waals surface area contributed by atoms with Crippen LogP contribution >= 0.6 is 0 Å². The van der Waals surface area contributed by atoms with E-state index in [1.807, 2.05) is 0 Å². The molecule has 0 radical (unpaired) electrons. The number of aliphatic carboxylic acids is 1. The highest BCUT2D eigenvalue weighted by atomic mass is 16.4. The fraction of sp³-hybridized carbons (Fsp3) is 0.300. The van der Waals surface area contributed by atoms with Crippen molar-refractivity contribution in [1.29, 1.82) is 0 Å². The summed E-state index contributed by atoms with van der Waals surface area (Å²) in [6, 6.07) is 0. The number of carboxylic acid groups (broad SMARTS) is 1. The number of fused-ring (bicyclic) bond motifs is 1. The first-order chi connectivity index (χ1) is 6.92. The van der Waals surface area contributed by atoms with Gasteiger partial charge in [-0.15, -0.1) is 0 Å². The van der Waals surface area contributed by atoms with Crippen LogP contribution in [0.25, 0.3) is 0 Å². The maximum atomic E-state index is 11.1. The third-order valence-electron chi connectivity index (χ3n) is 2.60. The molecule has 1 fully saturated rings. The van der Waals surface area contributed by atoms with E-state index in [-0.39, 0.29) is 6.42 Å². The summed E-state index contributed by atoms with van der Waals surface area (Å²) < 4.78 is 0. The van der Waals surface area contributed by atoms with E-state index in [4.69, 9.17) is 5.11 Å². The number of hydrogen-bond acceptors (Lipinski definition) is 4. The van der Waals surface area contributed by atoms with Gasteiger partial charge in [0.25, 0.3) is 0 Å². The molecule has 2 N–H and O–H groups in total. The molecule has 5 nitrogen and oxygen atoms in total. The molecule has 78 valence electrons. The smallest absolute Gasteiger partial charge is 0.329 e. The van der Waals surface area contributed by atoms with Crippen molar-refractivity contribution in [3.8, 4) is 0 Å². The molecule has 1 aliphatic carbocycles. The fourth-order valence-electron chi connectivity index (χ4n) is 1.72. The number of hydrogen-bond donors (Lipinski definition) is 2. The highest BCUT2D eigenvalue weighted by Crippen LogP contribution is 2.32. The number of carboxylic acids is 1. The second-order valence-electron chi connectivity index (χ2n) is 3.90. The van der Waals surface area contributed by atoms with E-state index in [1.54, 1.807) is 0 Å². The lowest BCUT2D eigenvalue weighted by atomic mass is 9.95. The predicted octanol–water partition coefficient (Wildman–Crippen LogP) is -0.215. The Bertz CT molecular complexity index is 412. The van der Waals surface area contributed by atoms with E-state index in [0.29, 0.717) is 11.3 Å². The Hall–Kier alpha value is -1.91. The van der Waals surface area contributed by atoms with Crippen molar-refractivity contribution < 1.29 is 19.5 Å². The van der Waals surface area contributed by atoms with Gasteiger partial charge in [-0.05, 0) is 18.6 Å². The molecule has 2 rings (SSSR count). The zero-order valence-electron chi connectivity index (χ0n) is 8.03. The van der Waals surface area contributed by atoms with Gasteiger partial charge in [0, 0.05) is 18.2 Å². The average molecular weight is 207 g/mol. The monoisotopic (exact) mass is 207 g/mol. The van der Waals surface area contributed by atoms with E-state index in [2.05, 4.69) is 5.32 Å². The van der Waals surface area contributed by atoms with E-state index < -0.39 is 23.1 Å². The van der Waals surface area contributed by atoms with Crippen molar-refractivity contribution in [3.05, 3.63) is 23.4 Å². The molecule has 0 aromatic carbocycles. The van der Waals surface area contributed by atoms with E-state index in [0.717, 1.165) is 6.08 Å². The Labute approximate surface area is 85.5 Å². The van der Waals surface area contributed by atoms with Crippen LogP contribution in [-0.4, -0.2) is 28.2 Å². The Morgan fingerprint density at radius 3 is 2.60 bits per heavy atom. The average Bonchev–Trinajstić information content (AvgIpc) is 2.43. The number of rotatable bonds is 1. The highest BCUT2D eigenvalue weighted by molar-refractivity contribution is 6.46. The van der Waals surface area contributed by atoms with Gasteiger partial charge in [-0.1, -0.05) is 0 Å². The molecule has 0 saturated carbocycles. The molecule has 2 aliphatic rings. The maximum Gasteiger partial charge on any atom is 0.329 e. The van der Waals surface area contributed by atoms with Crippen LogP contribution < -0.4 is 5.32 Å². The summed E-state index contributed by atoms with van der Waals surface area (Å²) in [7, 11) is 0. The minimum Gasteiger partial charge on any atom is -0.480 e. The topological polar surface area (TPSA) is 83.5 Å². The molecule has 5 heteroatoms. The zero-order chi connectivity index (χ0) is 11.2. The zero-order valence-corrected chi connectivity index (χ0v) is 8.03. The summed E-state index contributed by atoms with van der Waals surface area (Å²) in [5.74, 6) is -2.21. The van der Waals surface area contributed by atoms with Crippen molar-refractivity contribution in [3.63, 3.8) is 0 Å². The van der Waals surface area contributed by atoms with Gasteiger partial charge in [-0.3, -0.25) is 9.59 Å². The molecule has 0 bridgehead atoms. The first-order valence-electron chi connectivity index (χ1n) is 4.45. The molecule has 0 spiro atoms. The summed E-state index contributed by atoms with van der Waals surface area (Å²) in [6.07, 6.45) is 2.58. The lowest BCUT2D eigenvalue weighted by molar-refractivity contribution is -0.143. The molecule has 0 amide bonds. The van der Waals surface area contributed by atoms with Gasteiger partial charge in [-0.25, -0.2) is 4.79 Å². The number of allylic oxidation sites excluding steroid dienone is 3. The van der Waals surface area contributed by atoms with Gasteiger partial charge in [0.1, 0.15) is 5.54 Å². The highest BCUT2D eigenvalue weighted by Gasteiger charge is 2.42. The summed E-state index contributed by atoms with van der Waals surface area (Å²) in [5.41, 5.74) is -0.0863. The Kier molecular flexibility index (Phi) is 1.79. The van der Waals surface area contributed by atoms with Gasteiger partial charge < -0.3 is 10.4 Å². The molecule has 0 aromatic heterocycles. The standard InChI is InChI=1S/C10H9NO4/c1-10(9(14)15)4-5-2-7(12)8(13)3-6(5)11-10/h2-3,11H,4H2,1H3,(H,14,15)/t10-/m0/s1. The molecule has 1 atom stereocenters. The predicted molar refractivity (Wildman–Crippen MR) is 50.0 cm³/mol. The molecule has 1 aliphatic heterocycles. The van der Waals surface area contributed by atoms with Crippen molar-refractivity contribution in [1.82, 2.24) is 5.32 Å². The van der Waals surface area contributed by atoms with Crippen LogP contribution in [0.2, 0.25) is 0 Å². The van der Waals surface area contributed by atoms with Gasteiger partial charge in [0.15, 0.2) is 0 Å². The summed E-state index contributed by atoms with van der Waals surface area (Å²) in [5, 5.41) is 11.7. The summed E-state index contributed by atoms with van der Waals surface area (Å²) in [6.45, 7) is 1.52. The maximum absolute atomic E-state index is 11.1. The van der Waals surface area contributed by atoms with E-state index >= 15 is 0 Å². The Morgan fingerprint density at radius 1 is 1.40 bits per heavy atom. The lowest BCUT2D eigenvalue weighted by Gasteiger charge is -2.17. The van der Waals surface area contributed by atoms with Crippen LogP contribution in [-0.2, 0) is 14.4 Å². The minimum absolute atomic E-state index is 0.215. The Balaban J connectivity index is 2.40. The third-order valence-corrected chi connectivity index (χ3v) is 2.60. The summed E-state index contributed by atoms with van der Waals surface area (Å²) >= 11 is 0. The van der Waals surface area contributed by atoms with Crippen LogP contribution in [0.15, 0.2) is 23.4 Å². The van der Waals surface area contributed by atoms with Gasteiger partial charge in [0.05, 0.1) is 0 Å². The minimum atomic E-state index is -1.12. The van der Waals surface area contributed by atoms with Gasteiger partial charge in [0.2, 0.25) is 11.6 Å². The summed E-state index contributed by atoms with van der Waals surface area (Å²) in [4.78, 5) is 33.1. The van der Waals surface area contributed by atoms with Crippen molar-refractivity contribution >= 4 is 17.5 Å². The van der Waals surface area contributed by atoms with Crippen LogP contribution in [0.4, 0.5) is 0 Å². The van der Waals surface area contributed by atoms with E-state index in [9.17, 15) is 14.4 Å². The van der Waals surface area contributed by atoms with Crippen LogP contribution in [0.1, 0.15) is 13.3 Å². The lowest BCUT2D eigenvalue weighted by Crippen LogP contribution is -2.43. The number of carbonyl (C=O) groups excluding carboxylic acids is 2. The number of carbonyl (C=O) groups is 3. The van der Waals surface area contributed by atoms with Gasteiger partial charge >= 0.3 is 5.97 Å². The molecule has 15 heavy (non-hydrogen) atoms. The van der Waals surface area contributed by atoms with Crippen LogP contribution in [0.5, 0.6) is 0 Å². The number of nitrogens with one attached hydrogen (secondary N) is 1. The van der Waals surface area contributed by atoms with Gasteiger partial charge in [-0.2, -0.15) is 0 Å². The molecule has 0 unspecified atom stereocenters. The SMILES string of the molecule is C[C@@]1(C(=O)O)CC2=CC(=O)C(=O)C=C2N1. The first-order valence-corrected chi connectivity index (χ1v) is 4.45. The molecule has 1 heterocycles. The third kappa shape index (κ3) is 1.36. The second-order valence-corrected chi connectivity index (χ2v) is 3.90. The van der Waals surface area contributed by atoms with Crippen molar-refractivity contribution in [2.24, 2.45) is 0 Å². The molecular formula is C10H9NO4. The Morgan fingerprint density at radius 2 is 2.00 bits per heavy atom. The van der Waals surface area contributed by atoms with Crippen LogP contribution in [0.3, 0.4) is 0 Å². The first kappa shape index (κ1) is 9.64. The molecular weight excluding hydrogens is 198 g/mol. The quantitative estimate of drug-likeness (QED) is 0.459. The molecule has 1 saturated heterocycles. The largest absolute Gasteiger partial charge is 0.480 e. The van der Waals surface area contributed by atoms with Crippen molar-refractivity contribution in [2.75, 3.05) is 0 Å². The molecule has 0 aromatic rings. The normalized spacial score (nSPS) is 29.1. The van der Waals surface area contributed by atoms with Crippen molar-refractivity contribution in [2.45, 2.75) is 18.9 Å². The number of ketones is 2. The fourth-order valence-corrected chi connectivity index (χ4v) is 1.72. The van der Waals surface area contributed by atoms with Crippen LogP contribution in [0, 0.1) is 0 Å². The van der Waals surface area contributed by atoms with E-state index in [1.165, 1.54) is 13.0 Å².